The van der Waals surface area contributed by atoms with Gasteiger partial charge in [0.15, 0.2) is 0 Å². The van der Waals surface area contributed by atoms with Gasteiger partial charge in [0.05, 0.1) is 0 Å². The fourth-order valence-corrected chi connectivity index (χ4v) is 2.96. The number of hydrogen-bond acceptors (Lipinski definition) is 2. The zero-order valence-electron chi connectivity index (χ0n) is 12.7. The molecule has 118 valence electrons. The largest absolute Gasteiger partial charge is 0.343 e. The first-order chi connectivity index (χ1) is 10.0. The van der Waals surface area contributed by atoms with Gasteiger partial charge in [0.1, 0.15) is 0 Å². The first kappa shape index (κ1) is 18.3. The number of carbonyl (C=O) groups excluding carboxylic acids is 1. The SMILES string of the molecule is CCCN(CCC)C(=O)CC(CN)c1ccc(Cl)cc1Cl. The molecule has 5 heteroatoms. The molecule has 0 heterocycles. The van der Waals surface area contributed by atoms with Crippen LogP contribution in [0.3, 0.4) is 0 Å². The number of amides is 1. The first-order valence-corrected chi connectivity index (χ1v) is 8.21. The van der Waals surface area contributed by atoms with E-state index >= 15 is 0 Å². The van der Waals surface area contributed by atoms with Crippen molar-refractivity contribution in [2.24, 2.45) is 5.73 Å². The van der Waals surface area contributed by atoms with Crippen molar-refractivity contribution in [3.63, 3.8) is 0 Å². The number of carbonyl (C=O) groups is 1. The zero-order valence-corrected chi connectivity index (χ0v) is 14.3. The standard InChI is InChI=1S/C16H24Cl2N2O/c1-3-7-20(8-4-2)16(21)9-12(11-19)14-6-5-13(17)10-15(14)18/h5-6,10,12H,3-4,7-9,11,19H2,1-2H3. The van der Waals surface area contributed by atoms with Gasteiger partial charge in [0, 0.05) is 35.5 Å². The number of rotatable bonds is 8. The Bertz CT molecular complexity index is 460. The van der Waals surface area contributed by atoms with E-state index in [4.69, 9.17) is 28.9 Å². The monoisotopic (exact) mass is 330 g/mol. The molecule has 0 bridgehead atoms. The predicted octanol–water partition coefficient (Wildman–Crippen LogP) is 4.07. The van der Waals surface area contributed by atoms with Gasteiger partial charge in [-0.25, -0.2) is 0 Å². The van der Waals surface area contributed by atoms with E-state index in [2.05, 4.69) is 13.8 Å². The molecule has 1 atom stereocenters. The van der Waals surface area contributed by atoms with Gasteiger partial charge in [-0.05, 0) is 37.1 Å². The van der Waals surface area contributed by atoms with Crippen LogP contribution in [-0.4, -0.2) is 30.4 Å². The van der Waals surface area contributed by atoms with Crippen molar-refractivity contribution in [1.29, 1.82) is 0 Å². The molecule has 0 aromatic heterocycles. The lowest BCUT2D eigenvalue weighted by Gasteiger charge is -2.24. The van der Waals surface area contributed by atoms with E-state index in [1.165, 1.54) is 0 Å². The van der Waals surface area contributed by atoms with Crippen LogP contribution in [0.5, 0.6) is 0 Å². The highest BCUT2D eigenvalue weighted by Crippen LogP contribution is 2.29. The summed E-state index contributed by atoms with van der Waals surface area (Å²) >= 11 is 12.1. The van der Waals surface area contributed by atoms with Crippen LogP contribution in [0.1, 0.15) is 44.6 Å². The van der Waals surface area contributed by atoms with Crippen LogP contribution in [0, 0.1) is 0 Å². The molecular formula is C16H24Cl2N2O. The topological polar surface area (TPSA) is 46.3 Å². The van der Waals surface area contributed by atoms with E-state index in [1.807, 2.05) is 11.0 Å². The van der Waals surface area contributed by atoms with Gasteiger partial charge in [-0.3, -0.25) is 4.79 Å². The van der Waals surface area contributed by atoms with E-state index in [0.717, 1.165) is 31.5 Å². The Hall–Kier alpha value is -0.770. The highest BCUT2D eigenvalue weighted by molar-refractivity contribution is 6.35. The van der Waals surface area contributed by atoms with Crippen LogP contribution in [-0.2, 0) is 4.79 Å². The summed E-state index contributed by atoms with van der Waals surface area (Å²) in [5, 5.41) is 1.16. The molecule has 0 radical (unpaired) electrons. The number of hydrogen-bond donors (Lipinski definition) is 1. The van der Waals surface area contributed by atoms with E-state index < -0.39 is 0 Å². The Labute approximate surface area is 137 Å². The zero-order chi connectivity index (χ0) is 15.8. The van der Waals surface area contributed by atoms with E-state index in [1.54, 1.807) is 12.1 Å². The second-order valence-electron chi connectivity index (χ2n) is 5.18. The lowest BCUT2D eigenvalue weighted by Crippen LogP contribution is -2.34. The summed E-state index contributed by atoms with van der Waals surface area (Å²) < 4.78 is 0. The van der Waals surface area contributed by atoms with Gasteiger partial charge >= 0.3 is 0 Å². The number of halogens is 2. The van der Waals surface area contributed by atoms with E-state index in [-0.39, 0.29) is 11.8 Å². The summed E-state index contributed by atoms with van der Waals surface area (Å²) in [6.07, 6.45) is 2.30. The molecule has 0 spiro atoms. The van der Waals surface area contributed by atoms with Crippen molar-refractivity contribution in [1.82, 2.24) is 4.90 Å². The maximum absolute atomic E-state index is 12.4. The minimum Gasteiger partial charge on any atom is -0.343 e. The third kappa shape index (κ3) is 5.50. The fourth-order valence-electron chi connectivity index (χ4n) is 2.39. The van der Waals surface area contributed by atoms with Crippen LogP contribution in [0.2, 0.25) is 10.0 Å². The molecule has 1 unspecified atom stereocenters. The Morgan fingerprint density at radius 3 is 2.33 bits per heavy atom. The van der Waals surface area contributed by atoms with Gasteiger partial charge in [0.25, 0.3) is 0 Å². The molecule has 0 saturated carbocycles. The smallest absolute Gasteiger partial charge is 0.223 e. The summed E-state index contributed by atoms with van der Waals surface area (Å²) in [7, 11) is 0. The molecule has 21 heavy (non-hydrogen) atoms. The average Bonchev–Trinajstić information content (AvgIpc) is 2.45. The number of nitrogens with zero attached hydrogens (tertiary/aromatic N) is 1. The van der Waals surface area contributed by atoms with Crippen LogP contribution < -0.4 is 5.73 Å². The van der Waals surface area contributed by atoms with Crippen molar-refractivity contribution >= 4 is 29.1 Å². The molecule has 0 fully saturated rings. The highest BCUT2D eigenvalue weighted by atomic mass is 35.5. The quantitative estimate of drug-likeness (QED) is 0.780. The molecule has 2 N–H and O–H groups in total. The van der Waals surface area contributed by atoms with E-state index in [9.17, 15) is 4.79 Å². The predicted molar refractivity (Wildman–Crippen MR) is 90.0 cm³/mol. The van der Waals surface area contributed by atoms with Gasteiger partial charge in [-0.15, -0.1) is 0 Å². The molecular weight excluding hydrogens is 307 g/mol. The fraction of sp³-hybridized carbons (Fsp3) is 0.562. The van der Waals surface area contributed by atoms with Crippen LogP contribution in [0.25, 0.3) is 0 Å². The van der Waals surface area contributed by atoms with Crippen LogP contribution in [0.15, 0.2) is 18.2 Å². The van der Waals surface area contributed by atoms with Gasteiger partial charge in [-0.1, -0.05) is 43.1 Å². The molecule has 0 aliphatic rings. The summed E-state index contributed by atoms with van der Waals surface area (Å²) in [5.41, 5.74) is 6.74. The highest BCUT2D eigenvalue weighted by Gasteiger charge is 2.20. The normalized spacial score (nSPS) is 12.2. The van der Waals surface area contributed by atoms with Gasteiger partial charge in [0.2, 0.25) is 5.91 Å². The summed E-state index contributed by atoms with van der Waals surface area (Å²) in [6, 6.07) is 5.34. The van der Waals surface area contributed by atoms with Crippen molar-refractivity contribution in [2.75, 3.05) is 19.6 Å². The molecule has 1 aromatic rings. The molecule has 3 nitrogen and oxygen atoms in total. The van der Waals surface area contributed by atoms with Crippen molar-refractivity contribution < 1.29 is 4.79 Å². The first-order valence-electron chi connectivity index (χ1n) is 7.46. The lowest BCUT2D eigenvalue weighted by molar-refractivity contribution is -0.131. The van der Waals surface area contributed by atoms with Crippen molar-refractivity contribution in [3.05, 3.63) is 33.8 Å². The average molecular weight is 331 g/mol. The summed E-state index contributed by atoms with van der Waals surface area (Å²) in [6.45, 7) is 6.12. The minimum atomic E-state index is -0.0709. The van der Waals surface area contributed by atoms with Gasteiger partial charge in [-0.2, -0.15) is 0 Å². The summed E-state index contributed by atoms with van der Waals surface area (Å²) in [5.74, 6) is 0.0682. The van der Waals surface area contributed by atoms with Crippen LogP contribution >= 0.6 is 23.2 Å². The Morgan fingerprint density at radius 1 is 1.24 bits per heavy atom. The molecule has 0 saturated heterocycles. The van der Waals surface area contributed by atoms with Crippen molar-refractivity contribution in [2.45, 2.75) is 39.0 Å². The Balaban J connectivity index is 2.83. The van der Waals surface area contributed by atoms with Crippen LogP contribution in [0.4, 0.5) is 0 Å². The molecule has 1 amide bonds. The maximum atomic E-state index is 12.4. The second-order valence-corrected chi connectivity index (χ2v) is 6.03. The Morgan fingerprint density at radius 2 is 1.86 bits per heavy atom. The third-order valence-corrected chi connectivity index (χ3v) is 4.01. The number of nitrogens with two attached hydrogens (primary N) is 1. The summed E-state index contributed by atoms with van der Waals surface area (Å²) in [4.78, 5) is 14.4. The molecule has 0 aliphatic heterocycles. The van der Waals surface area contributed by atoms with Gasteiger partial charge < -0.3 is 10.6 Å². The minimum absolute atomic E-state index is 0.0709. The third-order valence-electron chi connectivity index (χ3n) is 3.45. The lowest BCUT2D eigenvalue weighted by atomic mass is 9.95. The molecule has 1 aromatic carbocycles. The molecule has 1 rings (SSSR count). The second kappa shape index (κ2) is 9.29. The van der Waals surface area contributed by atoms with E-state index in [0.29, 0.717) is 23.0 Å². The van der Waals surface area contributed by atoms with Crippen molar-refractivity contribution in [3.8, 4) is 0 Å². The molecule has 0 aliphatic carbocycles. The maximum Gasteiger partial charge on any atom is 0.223 e. The Kier molecular flexibility index (Phi) is 8.09. The number of benzene rings is 1.